The molecule has 22 heavy (non-hydrogen) atoms. The van der Waals surface area contributed by atoms with Crippen LogP contribution in [0.25, 0.3) is 0 Å². The van der Waals surface area contributed by atoms with E-state index in [9.17, 15) is 0 Å². The van der Waals surface area contributed by atoms with Gasteiger partial charge in [0.15, 0.2) is 0 Å². The molecule has 118 valence electrons. The Hall–Kier alpha value is -0.980. The minimum atomic E-state index is -0.519. The van der Waals surface area contributed by atoms with E-state index >= 15 is 0 Å². The molecule has 1 aromatic rings. The SMILES string of the molecule is NC1=NC2(CCCCC2)N(c2ccc(Br)c(Cl)c2Cl)C(N)=N1. The standard InChI is InChI=1S/C14H16BrCl2N5/c15-8-4-5-9(11(17)10(8)16)22-13(19)20-12(18)21-14(22)6-2-1-3-7-14/h4-5H,1-3,6-7H2,(H4,18,19,20,21). The molecule has 0 aromatic heterocycles. The van der Waals surface area contributed by atoms with Crippen molar-refractivity contribution in [2.24, 2.45) is 21.5 Å². The predicted octanol–water partition coefficient (Wildman–Crippen LogP) is 3.87. The summed E-state index contributed by atoms with van der Waals surface area (Å²) in [6, 6.07) is 3.71. The molecule has 1 heterocycles. The molecule has 0 atom stereocenters. The number of rotatable bonds is 1. The molecule has 0 saturated heterocycles. The molecule has 0 radical (unpaired) electrons. The number of benzene rings is 1. The maximum Gasteiger partial charge on any atom is 0.220 e. The largest absolute Gasteiger partial charge is 0.369 e. The number of aliphatic imine (C=N–C) groups is 2. The molecule has 0 unspecified atom stereocenters. The highest BCUT2D eigenvalue weighted by atomic mass is 79.9. The minimum absolute atomic E-state index is 0.218. The molecule has 0 bridgehead atoms. The number of hydrogen-bond acceptors (Lipinski definition) is 5. The lowest BCUT2D eigenvalue weighted by Gasteiger charge is -2.45. The van der Waals surface area contributed by atoms with Crippen molar-refractivity contribution >= 4 is 56.7 Å². The first-order chi connectivity index (χ1) is 10.4. The summed E-state index contributed by atoms with van der Waals surface area (Å²) in [5.41, 5.74) is 12.2. The van der Waals surface area contributed by atoms with Gasteiger partial charge in [-0.15, -0.1) is 0 Å². The molecule has 1 spiro atoms. The van der Waals surface area contributed by atoms with Crippen molar-refractivity contribution in [2.45, 2.75) is 37.8 Å². The molecule has 2 aliphatic rings. The van der Waals surface area contributed by atoms with Crippen LogP contribution in [0.2, 0.25) is 10.0 Å². The Morgan fingerprint density at radius 1 is 1.09 bits per heavy atom. The smallest absolute Gasteiger partial charge is 0.220 e. The second-order valence-corrected chi connectivity index (χ2v) is 7.12. The zero-order chi connectivity index (χ0) is 15.9. The first-order valence-electron chi connectivity index (χ1n) is 7.08. The monoisotopic (exact) mass is 403 g/mol. The van der Waals surface area contributed by atoms with Crippen molar-refractivity contribution < 1.29 is 0 Å². The van der Waals surface area contributed by atoms with E-state index < -0.39 is 5.66 Å². The van der Waals surface area contributed by atoms with Gasteiger partial charge in [0.25, 0.3) is 0 Å². The first kappa shape index (κ1) is 15.9. The topological polar surface area (TPSA) is 80.0 Å². The van der Waals surface area contributed by atoms with Gasteiger partial charge >= 0.3 is 0 Å². The summed E-state index contributed by atoms with van der Waals surface area (Å²) >= 11 is 16.1. The Kier molecular flexibility index (Phi) is 4.27. The van der Waals surface area contributed by atoms with Crippen LogP contribution in [0, 0.1) is 0 Å². The van der Waals surface area contributed by atoms with Crippen molar-refractivity contribution in [2.75, 3.05) is 4.90 Å². The Morgan fingerprint density at radius 2 is 1.77 bits per heavy atom. The lowest BCUT2D eigenvalue weighted by Crippen LogP contribution is -2.58. The summed E-state index contributed by atoms with van der Waals surface area (Å²) in [7, 11) is 0. The van der Waals surface area contributed by atoms with Crippen molar-refractivity contribution in [3.05, 3.63) is 26.7 Å². The highest BCUT2D eigenvalue weighted by Crippen LogP contribution is 2.44. The van der Waals surface area contributed by atoms with Gasteiger partial charge in [0.05, 0.1) is 15.7 Å². The van der Waals surface area contributed by atoms with E-state index in [-0.39, 0.29) is 5.96 Å². The molecule has 3 rings (SSSR count). The van der Waals surface area contributed by atoms with Crippen molar-refractivity contribution in [1.82, 2.24) is 0 Å². The number of nitrogens with zero attached hydrogens (tertiary/aromatic N) is 3. The summed E-state index contributed by atoms with van der Waals surface area (Å²) in [6.45, 7) is 0. The third-order valence-corrected chi connectivity index (χ3v) is 5.87. The van der Waals surface area contributed by atoms with Gasteiger partial charge < -0.3 is 11.5 Å². The van der Waals surface area contributed by atoms with Gasteiger partial charge in [0, 0.05) is 4.47 Å². The molecule has 8 heteroatoms. The zero-order valence-corrected chi connectivity index (χ0v) is 14.9. The predicted molar refractivity (Wildman–Crippen MR) is 95.7 cm³/mol. The Labute approximate surface area is 147 Å². The highest BCUT2D eigenvalue weighted by Gasteiger charge is 2.43. The first-order valence-corrected chi connectivity index (χ1v) is 8.63. The van der Waals surface area contributed by atoms with E-state index in [0.29, 0.717) is 21.7 Å². The normalized spacial score (nSPS) is 20.8. The fourth-order valence-electron chi connectivity index (χ4n) is 3.16. The van der Waals surface area contributed by atoms with Crippen molar-refractivity contribution in [3.8, 4) is 0 Å². The van der Waals surface area contributed by atoms with Crippen LogP contribution in [-0.4, -0.2) is 17.6 Å². The van der Waals surface area contributed by atoms with Gasteiger partial charge in [-0.3, -0.25) is 4.90 Å². The number of hydrogen-bond donors (Lipinski definition) is 2. The number of anilines is 1. The Balaban J connectivity index is 2.14. The lowest BCUT2D eigenvalue weighted by atomic mass is 9.87. The van der Waals surface area contributed by atoms with Crippen LogP contribution in [-0.2, 0) is 0 Å². The average molecular weight is 405 g/mol. The van der Waals surface area contributed by atoms with E-state index in [0.717, 1.165) is 30.2 Å². The number of guanidine groups is 2. The maximum absolute atomic E-state index is 6.44. The number of nitrogens with two attached hydrogens (primary N) is 2. The van der Waals surface area contributed by atoms with Crippen molar-refractivity contribution in [1.29, 1.82) is 0 Å². The molecule has 1 saturated carbocycles. The fraction of sp³-hybridized carbons (Fsp3) is 0.429. The summed E-state index contributed by atoms with van der Waals surface area (Å²) < 4.78 is 0.733. The van der Waals surface area contributed by atoms with Crippen LogP contribution < -0.4 is 16.4 Å². The van der Waals surface area contributed by atoms with Crippen LogP contribution in [0.5, 0.6) is 0 Å². The van der Waals surface area contributed by atoms with Gasteiger partial charge in [-0.1, -0.05) is 29.6 Å². The molecular weight excluding hydrogens is 389 g/mol. The van der Waals surface area contributed by atoms with Crippen LogP contribution in [0.15, 0.2) is 26.6 Å². The fourth-order valence-corrected chi connectivity index (χ4v) is 4.01. The Morgan fingerprint density at radius 3 is 2.45 bits per heavy atom. The van der Waals surface area contributed by atoms with Crippen LogP contribution in [0.1, 0.15) is 32.1 Å². The van der Waals surface area contributed by atoms with Crippen molar-refractivity contribution in [3.63, 3.8) is 0 Å². The summed E-state index contributed by atoms with van der Waals surface area (Å²) in [6.07, 6.45) is 5.00. The molecule has 1 aliphatic heterocycles. The molecule has 0 amide bonds. The van der Waals surface area contributed by atoms with E-state index in [1.807, 2.05) is 17.0 Å². The Bertz CT molecular complexity index is 667. The maximum atomic E-state index is 6.44. The second-order valence-electron chi connectivity index (χ2n) is 5.51. The van der Waals surface area contributed by atoms with Crippen LogP contribution in [0.4, 0.5) is 5.69 Å². The van der Waals surface area contributed by atoms with Crippen LogP contribution in [0.3, 0.4) is 0 Å². The van der Waals surface area contributed by atoms with E-state index in [1.54, 1.807) is 0 Å². The lowest BCUT2D eigenvalue weighted by molar-refractivity contribution is 0.305. The quantitative estimate of drug-likeness (QED) is 0.697. The third-order valence-electron chi connectivity index (χ3n) is 4.11. The highest BCUT2D eigenvalue weighted by molar-refractivity contribution is 9.10. The van der Waals surface area contributed by atoms with Gasteiger partial charge in [-0.2, -0.15) is 4.99 Å². The summed E-state index contributed by atoms with van der Waals surface area (Å²) in [4.78, 5) is 10.6. The minimum Gasteiger partial charge on any atom is -0.369 e. The average Bonchev–Trinajstić information content (AvgIpc) is 2.47. The van der Waals surface area contributed by atoms with Gasteiger partial charge in [0.2, 0.25) is 11.9 Å². The van der Waals surface area contributed by atoms with Gasteiger partial charge in [-0.25, -0.2) is 4.99 Å². The second kappa shape index (κ2) is 5.91. The van der Waals surface area contributed by atoms with Crippen LogP contribution >= 0.6 is 39.1 Å². The third kappa shape index (κ3) is 2.57. The summed E-state index contributed by atoms with van der Waals surface area (Å²) in [5, 5.41) is 0.871. The molecule has 1 aliphatic carbocycles. The summed E-state index contributed by atoms with van der Waals surface area (Å²) in [5.74, 6) is 0.518. The number of halogens is 3. The van der Waals surface area contributed by atoms with E-state index in [2.05, 4.69) is 25.9 Å². The molecule has 5 nitrogen and oxygen atoms in total. The van der Waals surface area contributed by atoms with Gasteiger partial charge in [-0.05, 0) is 53.7 Å². The molecule has 1 fully saturated rings. The van der Waals surface area contributed by atoms with E-state index in [1.165, 1.54) is 6.42 Å². The van der Waals surface area contributed by atoms with Gasteiger partial charge in [0.1, 0.15) is 5.66 Å². The zero-order valence-electron chi connectivity index (χ0n) is 11.8. The molecule has 1 aromatic carbocycles. The molecular formula is C14H16BrCl2N5. The van der Waals surface area contributed by atoms with E-state index in [4.69, 9.17) is 34.7 Å². The molecule has 4 N–H and O–H groups in total.